The van der Waals surface area contributed by atoms with Gasteiger partial charge in [0.1, 0.15) is 0 Å². The first kappa shape index (κ1) is 13.9. The Morgan fingerprint density at radius 3 is 2.79 bits per heavy atom. The van der Waals surface area contributed by atoms with Gasteiger partial charge in [0, 0.05) is 25.3 Å². The minimum absolute atomic E-state index is 0.251. The summed E-state index contributed by atoms with van der Waals surface area (Å²) in [6.45, 7) is 2.48. The van der Waals surface area contributed by atoms with Gasteiger partial charge in [-0.1, -0.05) is 6.92 Å². The number of ether oxygens (including phenoxy) is 2. The number of nitrogens with two attached hydrogens (primary N) is 1. The number of methoxy groups -OCH3 is 1. The second kappa shape index (κ2) is 6.10. The highest BCUT2D eigenvalue weighted by molar-refractivity contribution is 5.69. The fourth-order valence-electron chi connectivity index (χ4n) is 2.11. The maximum absolute atomic E-state index is 13.7. The summed E-state index contributed by atoms with van der Waals surface area (Å²) in [5, 5.41) is 3.30. The van der Waals surface area contributed by atoms with Crippen LogP contribution in [0.2, 0.25) is 0 Å². The minimum Gasteiger partial charge on any atom is -0.490 e. The van der Waals surface area contributed by atoms with Gasteiger partial charge in [-0.05, 0) is 19.3 Å². The van der Waals surface area contributed by atoms with Crippen LogP contribution in [0.3, 0.4) is 0 Å². The summed E-state index contributed by atoms with van der Waals surface area (Å²) in [5.41, 5.74) is 6.96. The van der Waals surface area contributed by atoms with E-state index in [-0.39, 0.29) is 5.75 Å². The van der Waals surface area contributed by atoms with Gasteiger partial charge in [0.25, 0.3) is 0 Å². The van der Waals surface area contributed by atoms with Crippen molar-refractivity contribution in [2.75, 3.05) is 24.8 Å². The lowest BCUT2D eigenvalue weighted by Crippen LogP contribution is -2.40. The molecule has 2 rings (SSSR count). The molecule has 5 heteroatoms. The highest BCUT2D eigenvalue weighted by Gasteiger charge is 2.29. The molecule has 0 atom stereocenters. The number of benzene rings is 1. The van der Waals surface area contributed by atoms with Crippen molar-refractivity contribution < 1.29 is 13.9 Å². The lowest BCUT2D eigenvalue weighted by atomic mass is 9.89. The van der Waals surface area contributed by atoms with E-state index in [1.165, 1.54) is 6.07 Å². The van der Waals surface area contributed by atoms with E-state index in [0.29, 0.717) is 24.4 Å². The third-order valence-corrected chi connectivity index (χ3v) is 3.35. The zero-order valence-electron chi connectivity index (χ0n) is 11.4. The summed E-state index contributed by atoms with van der Waals surface area (Å²) in [7, 11) is 1.71. The second-order valence-electron chi connectivity index (χ2n) is 4.89. The Balaban J connectivity index is 2.03. The smallest absolute Gasteiger partial charge is 0.167 e. The fraction of sp³-hybridized carbons (Fsp3) is 0.571. The van der Waals surface area contributed by atoms with Crippen molar-refractivity contribution in [3.63, 3.8) is 0 Å². The average Bonchev–Trinajstić information content (AvgIpc) is 2.34. The first-order chi connectivity index (χ1) is 9.13. The fourth-order valence-corrected chi connectivity index (χ4v) is 2.11. The Morgan fingerprint density at radius 2 is 2.16 bits per heavy atom. The first-order valence-corrected chi connectivity index (χ1v) is 6.65. The summed E-state index contributed by atoms with van der Waals surface area (Å²) < 4.78 is 24.2. The maximum atomic E-state index is 13.7. The molecule has 0 bridgehead atoms. The average molecular weight is 268 g/mol. The quantitative estimate of drug-likeness (QED) is 0.779. The standard InChI is InChI=1S/C14H21FN2O2/c1-3-4-19-14-8-13(12(16)7-11(14)15)17-9-5-10(6-9)18-2/h7-10,17H,3-6,16H2,1-2H3. The summed E-state index contributed by atoms with van der Waals surface area (Å²) in [5.74, 6) is -0.166. The van der Waals surface area contributed by atoms with Crippen LogP contribution in [0.25, 0.3) is 0 Å². The third-order valence-electron chi connectivity index (χ3n) is 3.35. The summed E-state index contributed by atoms with van der Waals surface area (Å²) in [6, 6.07) is 3.28. The van der Waals surface area contributed by atoms with Crippen LogP contribution < -0.4 is 15.8 Å². The molecule has 19 heavy (non-hydrogen) atoms. The summed E-state index contributed by atoms with van der Waals surface area (Å²) in [6.07, 6.45) is 3.04. The monoisotopic (exact) mass is 268 g/mol. The highest BCUT2D eigenvalue weighted by atomic mass is 19.1. The molecular formula is C14H21FN2O2. The Bertz CT molecular complexity index is 434. The topological polar surface area (TPSA) is 56.5 Å². The van der Waals surface area contributed by atoms with Gasteiger partial charge in [-0.25, -0.2) is 4.39 Å². The van der Waals surface area contributed by atoms with Crippen molar-refractivity contribution in [3.8, 4) is 5.75 Å². The van der Waals surface area contributed by atoms with Crippen LogP contribution in [0.15, 0.2) is 12.1 Å². The molecule has 0 spiro atoms. The second-order valence-corrected chi connectivity index (χ2v) is 4.89. The van der Waals surface area contributed by atoms with Crippen LogP contribution in [-0.2, 0) is 4.74 Å². The molecular weight excluding hydrogens is 247 g/mol. The third kappa shape index (κ3) is 3.29. The molecule has 0 aromatic heterocycles. The van der Waals surface area contributed by atoms with Crippen molar-refractivity contribution in [2.45, 2.75) is 38.3 Å². The number of nitrogen functional groups attached to an aromatic ring is 1. The van der Waals surface area contributed by atoms with Gasteiger partial charge < -0.3 is 20.5 Å². The van der Waals surface area contributed by atoms with Gasteiger partial charge in [-0.3, -0.25) is 0 Å². The molecule has 0 radical (unpaired) electrons. The van der Waals surface area contributed by atoms with Crippen molar-refractivity contribution in [3.05, 3.63) is 17.9 Å². The molecule has 3 N–H and O–H groups in total. The molecule has 1 saturated carbocycles. The molecule has 0 saturated heterocycles. The van der Waals surface area contributed by atoms with Crippen LogP contribution in [0.4, 0.5) is 15.8 Å². The van der Waals surface area contributed by atoms with Gasteiger partial charge >= 0.3 is 0 Å². The van der Waals surface area contributed by atoms with Crippen molar-refractivity contribution >= 4 is 11.4 Å². The molecule has 1 aromatic carbocycles. The van der Waals surface area contributed by atoms with Gasteiger partial charge in [-0.15, -0.1) is 0 Å². The van der Waals surface area contributed by atoms with Crippen molar-refractivity contribution in [1.82, 2.24) is 0 Å². The van der Waals surface area contributed by atoms with E-state index < -0.39 is 5.82 Å². The van der Waals surface area contributed by atoms with Crippen LogP contribution in [0.5, 0.6) is 5.75 Å². The van der Waals surface area contributed by atoms with E-state index in [2.05, 4.69) is 5.32 Å². The van der Waals surface area contributed by atoms with E-state index in [0.717, 1.165) is 24.9 Å². The lowest BCUT2D eigenvalue weighted by molar-refractivity contribution is 0.0329. The SMILES string of the molecule is CCCOc1cc(NC2CC(OC)C2)c(N)cc1F. The molecule has 0 aliphatic heterocycles. The van der Waals surface area contributed by atoms with Crippen LogP contribution in [-0.4, -0.2) is 25.9 Å². The van der Waals surface area contributed by atoms with Crippen LogP contribution in [0, 0.1) is 5.82 Å². The zero-order valence-corrected chi connectivity index (χ0v) is 11.4. The number of nitrogens with one attached hydrogen (secondary N) is 1. The number of rotatable bonds is 6. The number of hydrogen-bond acceptors (Lipinski definition) is 4. The van der Waals surface area contributed by atoms with Gasteiger partial charge in [-0.2, -0.15) is 0 Å². The molecule has 0 amide bonds. The minimum atomic E-state index is -0.417. The van der Waals surface area contributed by atoms with E-state index >= 15 is 0 Å². The molecule has 4 nitrogen and oxygen atoms in total. The number of hydrogen-bond donors (Lipinski definition) is 2. The Hall–Kier alpha value is -1.49. The van der Waals surface area contributed by atoms with Crippen molar-refractivity contribution in [1.29, 1.82) is 0 Å². The molecule has 1 aromatic rings. The maximum Gasteiger partial charge on any atom is 0.167 e. The van der Waals surface area contributed by atoms with E-state index in [1.807, 2.05) is 6.92 Å². The van der Waals surface area contributed by atoms with Crippen LogP contribution >= 0.6 is 0 Å². The van der Waals surface area contributed by atoms with E-state index in [4.69, 9.17) is 15.2 Å². The predicted octanol–water partition coefficient (Wildman–Crippen LogP) is 2.79. The molecule has 1 fully saturated rings. The van der Waals surface area contributed by atoms with Gasteiger partial charge in [0.2, 0.25) is 0 Å². The lowest BCUT2D eigenvalue weighted by Gasteiger charge is -2.35. The first-order valence-electron chi connectivity index (χ1n) is 6.65. The van der Waals surface area contributed by atoms with E-state index in [9.17, 15) is 4.39 Å². The highest BCUT2D eigenvalue weighted by Crippen LogP contribution is 2.32. The molecule has 106 valence electrons. The van der Waals surface area contributed by atoms with Crippen molar-refractivity contribution in [2.24, 2.45) is 0 Å². The van der Waals surface area contributed by atoms with E-state index in [1.54, 1.807) is 13.2 Å². The Morgan fingerprint density at radius 1 is 1.42 bits per heavy atom. The van der Waals surface area contributed by atoms with Gasteiger partial charge in [0.05, 0.1) is 24.1 Å². The largest absolute Gasteiger partial charge is 0.490 e. The number of halogens is 1. The molecule has 1 aliphatic rings. The normalized spacial score (nSPS) is 21.8. The Labute approximate surface area is 113 Å². The molecule has 0 unspecified atom stereocenters. The number of anilines is 2. The zero-order chi connectivity index (χ0) is 13.8. The summed E-state index contributed by atoms with van der Waals surface area (Å²) in [4.78, 5) is 0. The summed E-state index contributed by atoms with van der Waals surface area (Å²) >= 11 is 0. The Kier molecular flexibility index (Phi) is 4.47. The molecule has 0 heterocycles. The molecule has 1 aliphatic carbocycles. The predicted molar refractivity (Wildman–Crippen MR) is 74.0 cm³/mol. The van der Waals surface area contributed by atoms with Gasteiger partial charge in [0.15, 0.2) is 11.6 Å². The van der Waals surface area contributed by atoms with Crippen LogP contribution in [0.1, 0.15) is 26.2 Å².